The van der Waals surface area contributed by atoms with Gasteiger partial charge in [-0.2, -0.15) is 14.9 Å². The number of hydrogen-bond acceptors (Lipinski definition) is 11. The minimum atomic E-state index is -0.392. The Kier molecular flexibility index (Phi) is 13.8. The molecule has 0 bridgehead atoms. The van der Waals surface area contributed by atoms with E-state index in [1.165, 1.54) is 10.2 Å². The van der Waals surface area contributed by atoms with E-state index < -0.39 is 6.04 Å². The average molecular weight is 944 g/mol. The summed E-state index contributed by atoms with van der Waals surface area (Å²) in [7, 11) is 5.87. The molecule has 3 N–H and O–H groups in total. The second-order valence-corrected chi connectivity index (χ2v) is 19.8. The Labute approximate surface area is 409 Å². The molecule has 364 valence electrons. The molecule has 0 aliphatic carbocycles. The zero-order valence-corrected chi connectivity index (χ0v) is 41.6. The number of hydrogen-bond donors (Lipinski definition) is 3. The fourth-order valence-corrected chi connectivity index (χ4v) is 11.2. The van der Waals surface area contributed by atoms with Crippen molar-refractivity contribution in [3.05, 3.63) is 139 Å². The molecule has 3 aromatic heterocycles. The van der Waals surface area contributed by atoms with Crippen LogP contribution in [0.3, 0.4) is 0 Å². The predicted octanol–water partition coefficient (Wildman–Crippen LogP) is 7.67. The topological polar surface area (TPSA) is 174 Å². The molecule has 0 spiro atoms. The molecular formula is C55H65N11O4. The highest BCUT2D eigenvalue weighted by molar-refractivity contribution is 5.98. The van der Waals surface area contributed by atoms with Gasteiger partial charge in [-0.15, -0.1) is 0 Å². The Morgan fingerprint density at radius 3 is 2.21 bits per heavy atom. The van der Waals surface area contributed by atoms with Gasteiger partial charge in [0.05, 0.1) is 40.2 Å². The standard InChI is InChI=1S/C55H65N11O4/c1-9-35(29-36(10-2)54(69)65-26-24-64(25-27-65)53(68)32(3)4)44-49(59-41-18-12-16-39-46(41)50(44)60-61-52(39)67)38-21-23-57-43(30-38)66-55(70)40-17-13-19-42-47(40)51(62-66)45(48(58-42)33(5)20-22-56-6)37-15-11-14-34(28-37)31-63(7)8/h11-23,28,30,32,35-36,44-45,48-49,58-59H,9-10,24-27,29,31H2,1-8H3,(H,61,67). The highest BCUT2D eigenvalue weighted by Crippen LogP contribution is 2.50. The van der Waals surface area contributed by atoms with Crippen LogP contribution in [0.5, 0.6) is 0 Å². The van der Waals surface area contributed by atoms with Gasteiger partial charge in [0, 0.05) is 92.1 Å². The van der Waals surface area contributed by atoms with Gasteiger partial charge in [0.1, 0.15) is 0 Å². The third kappa shape index (κ3) is 9.02. The van der Waals surface area contributed by atoms with Gasteiger partial charge in [0.25, 0.3) is 11.1 Å². The zero-order valence-electron chi connectivity index (χ0n) is 41.6. The van der Waals surface area contributed by atoms with E-state index in [4.69, 9.17) is 15.2 Å². The van der Waals surface area contributed by atoms with Gasteiger partial charge >= 0.3 is 0 Å². The van der Waals surface area contributed by atoms with Gasteiger partial charge in [0.15, 0.2) is 5.82 Å². The van der Waals surface area contributed by atoms with Crippen LogP contribution in [0.15, 0.2) is 105 Å². The van der Waals surface area contributed by atoms with Crippen molar-refractivity contribution < 1.29 is 9.59 Å². The van der Waals surface area contributed by atoms with E-state index in [-0.39, 0.29) is 58.6 Å². The number of nitrogens with zero attached hydrogens (tertiary/aromatic N) is 8. The summed E-state index contributed by atoms with van der Waals surface area (Å²) in [4.78, 5) is 70.5. The number of anilines is 2. The lowest BCUT2D eigenvalue weighted by atomic mass is 9.72. The first-order chi connectivity index (χ1) is 33.8. The summed E-state index contributed by atoms with van der Waals surface area (Å²) in [5.74, 6) is -0.420. The number of H-pyrrole nitrogens is 1. The van der Waals surface area contributed by atoms with E-state index >= 15 is 0 Å². The number of piperazine rings is 1. The smallest absolute Gasteiger partial charge is 0.280 e. The number of aromatic nitrogens is 5. The number of amides is 2. The molecule has 6 heterocycles. The molecule has 1 fully saturated rings. The van der Waals surface area contributed by atoms with Crippen molar-refractivity contribution in [1.82, 2.24) is 39.7 Å². The number of carbonyl (C=O) groups is 2. The number of allylic oxidation sites excluding steroid dienone is 1. The molecule has 6 unspecified atom stereocenters. The largest absolute Gasteiger partial charge is 0.377 e. The molecule has 2 amide bonds. The molecule has 15 nitrogen and oxygen atoms in total. The molecular weight excluding hydrogens is 879 g/mol. The summed E-state index contributed by atoms with van der Waals surface area (Å²) in [6.07, 6.45) is 7.52. The summed E-state index contributed by atoms with van der Waals surface area (Å²) >= 11 is 0. The molecule has 0 radical (unpaired) electrons. The molecule has 70 heavy (non-hydrogen) atoms. The van der Waals surface area contributed by atoms with E-state index in [2.05, 4.69) is 84.8 Å². The van der Waals surface area contributed by atoms with Crippen LogP contribution < -0.4 is 21.8 Å². The van der Waals surface area contributed by atoms with Gasteiger partial charge in [0.2, 0.25) is 11.8 Å². The minimum Gasteiger partial charge on any atom is -0.377 e. The molecule has 3 aliphatic heterocycles. The van der Waals surface area contributed by atoms with Crippen molar-refractivity contribution in [2.24, 2.45) is 22.7 Å². The molecule has 0 saturated carbocycles. The van der Waals surface area contributed by atoms with Crippen molar-refractivity contribution in [3.63, 3.8) is 0 Å². The first-order valence-electron chi connectivity index (χ1n) is 24.8. The highest BCUT2D eigenvalue weighted by Gasteiger charge is 2.41. The van der Waals surface area contributed by atoms with E-state index in [1.54, 1.807) is 19.5 Å². The van der Waals surface area contributed by atoms with Crippen LogP contribution in [0.25, 0.3) is 27.4 Å². The minimum absolute atomic E-state index is 0.0614. The third-order valence-electron chi connectivity index (χ3n) is 14.7. The van der Waals surface area contributed by atoms with Crippen molar-refractivity contribution in [2.75, 3.05) is 58.0 Å². The second kappa shape index (κ2) is 20.2. The Morgan fingerprint density at radius 1 is 0.843 bits per heavy atom. The lowest BCUT2D eigenvalue weighted by molar-refractivity contribution is -0.144. The predicted molar refractivity (Wildman–Crippen MR) is 278 cm³/mol. The lowest BCUT2D eigenvalue weighted by Gasteiger charge is -2.41. The van der Waals surface area contributed by atoms with Crippen molar-refractivity contribution in [3.8, 4) is 5.82 Å². The van der Waals surface area contributed by atoms with Gasteiger partial charge in [-0.1, -0.05) is 70.5 Å². The average Bonchev–Trinajstić information content (AvgIpc) is 3.37. The molecule has 3 aromatic carbocycles. The molecule has 6 aromatic rings. The van der Waals surface area contributed by atoms with E-state index in [0.29, 0.717) is 55.6 Å². The van der Waals surface area contributed by atoms with Crippen LogP contribution in [-0.2, 0) is 16.1 Å². The molecule has 1 saturated heterocycles. The SMILES string of the molecule is CCC(CC(CC)C1c2n[nH]c(=O)c3cccc(c23)NC1c1ccnc(-n2nc3c4c(cccc4c2=O)NC(C(C)=CC=NC)C3c2cccc(CN(C)C)c2)c1)C(=O)N1CCN(C(=O)C(C)C)CC1. The van der Waals surface area contributed by atoms with Crippen LogP contribution >= 0.6 is 0 Å². The number of aromatic amines is 1. The summed E-state index contributed by atoms with van der Waals surface area (Å²) in [5.41, 5.74) is 6.74. The maximum absolute atomic E-state index is 14.9. The maximum Gasteiger partial charge on any atom is 0.280 e. The summed E-state index contributed by atoms with van der Waals surface area (Å²) in [6, 6.07) is 23.4. The second-order valence-electron chi connectivity index (χ2n) is 19.8. The molecule has 3 aliphatic rings. The van der Waals surface area contributed by atoms with Crippen molar-refractivity contribution in [2.45, 2.75) is 84.3 Å². The maximum atomic E-state index is 14.9. The van der Waals surface area contributed by atoms with E-state index in [9.17, 15) is 19.2 Å². The van der Waals surface area contributed by atoms with Gasteiger partial charge in [-0.05, 0) is 105 Å². The Morgan fingerprint density at radius 2 is 1.53 bits per heavy atom. The normalized spacial score (nSPS) is 20.0. The summed E-state index contributed by atoms with van der Waals surface area (Å²) in [6.45, 7) is 12.9. The molecule has 15 heteroatoms. The first kappa shape index (κ1) is 48.0. The fraction of sp³-hybridized carbons (Fsp3) is 0.418. The number of pyridine rings is 1. The monoisotopic (exact) mass is 944 g/mol. The number of carbonyl (C=O) groups excluding carboxylic acids is 2. The Hall–Kier alpha value is -7.00. The van der Waals surface area contributed by atoms with E-state index in [0.717, 1.165) is 63.2 Å². The Bertz CT molecular complexity index is 3130. The van der Waals surface area contributed by atoms with Gasteiger partial charge < -0.3 is 25.3 Å². The summed E-state index contributed by atoms with van der Waals surface area (Å²) in [5, 5.41) is 23.2. The van der Waals surface area contributed by atoms with Crippen molar-refractivity contribution in [1.29, 1.82) is 0 Å². The Balaban J connectivity index is 1.14. The zero-order chi connectivity index (χ0) is 49.4. The highest BCUT2D eigenvalue weighted by atomic mass is 16.2. The molecule has 6 atom stereocenters. The van der Waals surface area contributed by atoms with Crippen LogP contribution in [0.4, 0.5) is 11.4 Å². The number of aliphatic imine (C=N–C) groups is 1. The van der Waals surface area contributed by atoms with Crippen molar-refractivity contribution >= 4 is 50.9 Å². The number of benzene rings is 3. The lowest BCUT2D eigenvalue weighted by Crippen LogP contribution is -2.52. The number of nitrogens with one attached hydrogen (secondary N) is 3. The van der Waals surface area contributed by atoms with Gasteiger partial charge in [-0.25, -0.2) is 10.1 Å². The third-order valence-corrected chi connectivity index (χ3v) is 14.7. The van der Waals surface area contributed by atoms with Crippen LogP contribution in [0.2, 0.25) is 0 Å². The first-order valence-corrected chi connectivity index (χ1v) is 24.8. The van der Waals surface area contributed by atoms with Gasteiger partial charge in [-0.3, -0.25) is 24.2 Å². The summed E-state index contributed by atoms with van der Waals surface area (Å²) < 4.78 is 1.45. The quantitative estimate of drug-likeness (QED) is 0.0920. The molecule has 9 rings (SSSR count). The number of rotatable bonds is 14. The van der Waals surface area contributed by atoms with E-state index in [1.807, 2.05) is 78.3 Å². The van der Waals surface area contributed by atoms with Crippen LogP contribution in [0.1, 0.15) is 99.8 Å². The van der Waals surface area contributed by atoms with Crippen LogP contribution in [0, 0.1) is 17.8 Å². The van der Waals surface area contributed by atoms with Crippen LogP contribution in [-0.4, -0.2) is 111 Å². The fourth-order valence-electron chi connectivity index (χ4n) is 11.2.